The number of benzene rings is 2. The van der Waals surface area contributed by atoms with Crippen molar-refractivity contribution < 1.29 is 9.90 Å². The first-order chi connectivity index (χ1) is 11.7. The van der Waals surface area contributed by atoms with Crippen molar-refractivity contribution in [1.29, 1.82) is 0 Å². The van der Waals surface area contributed by atoms with Gasteiger partial charge in [0.05, 0.1) is 24.2 Å². The third-order valence-corrected chi connectivity index (χ3v) is 3.70. The topological polar surface area (TPSA) is 80.0 Å². The summed E-state index contributed by atoms with van der Waals surface area (Å²) in [5.41, 5.74) is 2.25. The Bertz CT molecular complexity index is 771. The Morgan fingerprint density at radius 2 is 1.88 bits per heavy atom. The largest absolute Gasteiger partial charge is 0.388 e. The lowest BCUT2D eigenvalue weighted by Crippen LogP contribution is -2.25. The second-order valence-corrected chi connectivity index (χ2v) is 5.37. The van der Waals surface area contributed by atoms with E-state index in [-0.39, 0.29) is 5.91 Å². The molecule has 0 bridgehead atoms. The summed E-state index contributed by atoms with van der Waals surface area (Å²) in [7, 11) is 0. The molecule has 0 aliphatic heterocycles. The number of aliphatic hydroxyl groups excluding tert-OH is 1. The van der Waals surface area contributed by atoms with Gasteiger partial charge in [-0.3, -0.25) is 4.79 Å². The number of hydrogen-bond acceptors (Lipinski definition) is 4. The van der Waals surface area contributed by atoms with E-state index in [0.29, 0.717) is 18.5 Å². The van der Waals surface area contributed by atoms with E-state index in [2.05, 4.69) is 15.6 Å². The lowest BCUT2D eigenvalue weighted by atomic mass is 10.1. The van der Waals surface area contributed by atoms with Crippen LogP contribution >= 0.6 is 0 Å². The van der Waals surface area contributed by atoms with E-state index >= 15 is 0 Å². The Morgan fingerprint density at radius 3 is 2.54 bits per heavy atom. The van der Waals surface area contributed by atoms with Crippen LogP contribution in [0.15, 0.2) is 67.0 Å². The molecule has 0 aliphatic carbocycles. The Morgan fingerprint density at radius 1 is 1.12 bits per heavy atom. The lowest BCUT2D eigenvalue weighted by molar-refractivity contribution is 0.0942. The number of hydrogen-bond donors (Lipinski definition) is 2. The fraction of sp³-hybridized carbons (Fsp3) is 0.167. The minimum atomic E-state index is -0.582. The molecule has 0 unspecified atom stereocenters. The zero-order chi connectivity index (χ0) is 16.8. The Kier molecular flexibility index (Phi) is 4.98. The predicted molar refractivity (Wildman–Crippen MR) is 89.7 cm³/mol. The molecule has 1 aromatic heterocycles. The van der Waals surface area contributed by atoms with Crippen LogP contribution in [0.25, 0.3) is 5.69 Å². The first-order valence-corrected chi connectivity index (χ1v) is 7.72. The molecule has 1 heterocycles. The van der Waals surface area contributed by atoms with Gasteiger partial charge in [-0.25, -0.2) is 4.68 Å². The first kappa shape index (κ1) is 15.9. The number of amides is 1. The predicted octanol–water partition coefficient (Wildman–Crippen LogP) is 2.12. The van der Waals surface area contributed by atoms with Crippen LogP contribution < -0.4 is 5.32 Å². The van der Waals surface area contributed by atoms with Crippen LogP contribution in [0, 0.1) is 0 Å². The molecule has 122 valence electrons. The molecule has 0 radical (unpaired) electrons. The molecule has 3 rings (SSSR count). The second kappa shape index (κ2) is 7.52. The molecule has 0 aliphatic rings. The van der Waals surface area contributed by atoms with E-state index in [4.69, 9.17) is 0 Å². The number of aliphatic hydroxyl groups is 1. The highest BCUT2D eigenvalue weighted by atomic mass is 16.3. The van der Waals surface area contributed by atoms with Crippen LogP contribution in [0.4, 0.5) is 0 Å². The monoisotopic (exact) mass is 322 g/mol. The molecular formula is C18H18N4O2. The molecule has 0 saturated heterocycles. The van der Waals surface area contributed by atoms with Gasteiger partial charge in [-0.15, -0.1) is 5.10 Å². The smallest absolute Gasteiger partial charge is 0.251 e. The zero-order valence-corrected chi connectivity index (χ0v) is 13.0. The van der Waals surface area contributed by atoms with Crippen LogP contribution in [-0.2, 0) is 0 Å². The minimum absolute atomic E-state index is 0.166. The average molecular weight is 322 g/mol. The summed E-state index contributed by atoms with van der Waals surface area (Å²) in [6.07, 6.45) is 3.21. The summed E-state index contributed by atoms with van der Waals surface area (Å²) in [4.78, 5) is 12.1. The molecule has 0 saturated carbocycles. The molecule has 2 aromatic carbocycles. The molecule has 0 spiro atoms. The van der Waals surface area contributed by atoms with Crippen LogP contribution in [0.5, 0.6) is 0 Å². The van der Waals surface area contributed by atoms with Gasteiger partial charge in [-0.1, -0.05) is 35.5 Å². The molecular weight excluding hydrogens is 304 g/mol. The first-order valence-electron chi connectivity index (χ1n) is 7.72. The zero-order valence-electron chi connectivity index (χ0n) is 13.0. The van der Waals surface area contributed by atoms with Crippen molar-refractivity contribution in [3.63, 3.8) is 0 Å². The number of rotatable bonds is 6. The number of carbonyl (C=O) groups excluding carboxylic acids is 1. The second-order valence-electron chi connectivity index (χ2n) is 5.37. The van der Waals surface area contributed by atoms with Crippen molar-refractivity contribution >= 4 is 5.91 Å². The Labute approximate surface area is 139 Å². The molecule has 2 N–H and O–H groups in total. The van der Waals surface area contributed by atoms with Crippen LogP contribution in [0.3, 0.4) is 0 Å². The molecule has 6 nitrogen and oxygen atoms in total. The summed E-state index contributed by atoms with van der Waals surface area (Å²) >= 11 is 0. The summed E-state index contributed by atoms with van der Waals surface area (Å²) in [6, 6.07) is 16.5. The summed E-state index contributed by atoms with van der Waals surface area (Å²) in [6.45, 7) is 0.403. The molecule has 6 heteroatoms. The lowest BCUT2D eigenvalue weighted by Gasteiger charge is -2.11. The Hall–Kier alpha value is -2.99. The van der Waals surface area contributed by atoms with Crippen molar-refractivity contribution in [2.45, 2.75) is 12.5 Å². The fourth-order valence-corrected chi connectivity index (χ4v) is 2.38. The SMILES string of the molecule is O=C(NCC[C@@H](O)c1ccccc1)c1ccc(-n2ccnn2)cc1. The molecule has 1 amide bonds. The Balaban J connectivity index is 1.52. The summed E-state index contributed by atoms with van der Waals surface area (Å²) in [5.74, 6) is -0.166. The van der Waals surface area contributed by atoms with Crippen LogP contribution in [0.1, 0.15) is 28.4 Å². The highest BCUT2D eigenvalue weighted by molar-refractivity contribution is 5.94. The average Bonchev–Trinajstić information content (AvgIpc) is 3.17. The quantitative estimate of drug-likeness (QED) is 0.728. The van der Waals surface area contributed by atoms with Crippen molar-refractivity contribution in [2.24, 2.45) is 0 Å². The maximum absolute atomic E-state index is 12.1. The van der Waals surface area contributed by atoms with E-state index in [9.17, 15) is 9.90 Å². The number of aromatic nitrogens is 3. The maximum Gasteiger partial charge on any atom is 0.251 e. The number of nitrogens with zero attached hydrogens (tertiary/aromatic N) is 3. The van der Waals surface area contributed by atoms with Gasteiger partial charge in [0.25, 0.3) is 5.91 Å². The molecule has 24 heavy (non-hydrogen) atoms. The van der Waals surface area contributed by atoms with Gasteiger partial charge in [0, 0.05) is 12.1 Å². The summed E-state index contributed by atoms with van der Waals surface area (Å²) in [5, 5.41) is 20.5. The van der Waals surface area contributed by atoms with Gasteiger partial charge in [-0.05, 0) is 36.2 Å². The van der Waals surface area contributed by atoms with E-state index in [1.807, 2.05) is 42.5 Å². The van der Waals surface area contributed by atoms with Crippen molar-refractivity contribution in [3.8, 4) is 5.69 Å². The van der Waals surface area contributed by atoms with Crippen LogP contribution in [0.2, 0.25) is 0 Å². The standard InChI is InChI=1S/C18H18N4O2/c23-17(14-4-2-1-3-5-14)10-11-19-18(24)15-6-8-16(9-7-15)22-13-12-20-21-22/h1-9,12-13,17,23H,10-11H2,(H,19,24)/t17-/m1/s1. The van der Waals surface area contributed by atoms with Crippen molar-refractivity contribution in [3.05, 3.63) is 78.1 Å². The third kappa shape index (κ3) is 3.85. The normalized spacial score (nSPS) is 11.9. The van der Waals surface area contributed by atoms with E-state index in [1.54, 1.807) is 29.2 Å². The van der Waals surface area contributed by atoms with Gasteiger partial charge < -0.3 is 10.4 Å². The van der Waals surface area contributed by atoms with E-state index in [1.165, 1.54) is 0 Å². The third-order valence-electron chi connectivity index (χ3n) is 3.70. The maximum atomic E-state index is 12.1. The van der Waals surface area contributed by atoms with Gasteiger partial charge in [0.2, 0.25) is 0 Å². The molecule has 0 fully saturated rings. The molecule has 1 atom stereocenters. The highest BCUT2D eigenvalue weighted by Crippen LogP contribution is 2.15. The number of carbonyl (C=O) groups is 1. The summed E-state index contributed by atoms with van der Waals surface area (Å²) < 4.78 is 1.62. The van der Waals surface area contributed by atoms with Gasteiger partial charge in [-0.2, -0.15) is 0 Å². The highest BCUT2D eigenvalue weighted by Gasteiger charge is 2.09. The van der Waals surface area contributed by atoms with Gasteiger partial charge in [0.1, 0.15) is 0 Å². The van der Waals surface area contributed by atoms with Gasteiger partial charge in [0.15, 0.2) is 0 Å². The van der Waals surface area contributed by atoms with Crippen LogP contribution in [-0.4, -0.2) is 32.6 Å². The van der Waals surface area contributed by atoms with Crippen molar-refractivity contribution in [1.82, 2.24) is 20.3 Å². The van der Waals surface area contributed by atoms with E-state index < -0.39 is 6.10 Å². The van der Waals surface area contributed by atoms with E-state index in [0.717, 1.165) is 11.3 Å². The number of nitrogens with one attached hydrogen (secondary N) is 1. The molecule has 3 aromatic rings. The minimum Gasteiger partial charge on any atom is -0.388 e. The van der Waals surface area contributed by atoms with Crippen molar-refractivity contribution in [2.75, 3.05) is 6.54 Å². The van der Waals surface area contributed by atoms with Gasteiger partial charge >= 0.3 is 0 Å². The fourth-order valence-electron chi connectivity index (χ4n) is 2.38.